The minimum atomic E-state index is -3.82. The molecule has 174 valence electrons. The van der Waals surface area contributed by atoms with Gasteiger partial charge in [-0.15, -0.1) is 0 Å². The Balaban J connectivity index is 1.54. The lowest BCUT2D eigenvalue weighted by atomic mass is 10.1. The van der Waals surface area contributed by atoms with E-state index in [0.29, 0.717) is 0 Å². The third-order valence-corrected chi connectivity index (χ3v) is 7.73. The average Bonchev–Trinajstić information content (AvgIpc) is 3.05. The highest BCUT2D eigenvalue weighted by molar-refractivity contribution is 7.89. The standard InChI is InChI=1S/C21H21FN4O6S/c1-14-12-20(27)25(21(14)28)16-4-7-18(19(13-16)26(29)30)23-8-10-24(11-9-23)33(31,32)17-5-2-15(22)3-6-17/h2-7,13-14H,8-12H2,1H3/t14-/m1/s1. The number of benzene rings is 2. The van der Waals surface area contributed by atoms with Crippen LogP contribution in [-0.2, 0) is 19.6 Å². The summed E-state index contributed by atoms with van der Waals surface area (Å²) in [5.41, 5.74) is 0.138. The first-order valence-electron chi connectivity index (χ1n) is 10.3. The summed E-state index contributed by atoms with van der Waals surface area (Å²) < 4.78 is 40.0. The SMILES string of the molecule is C[C@@H]1CC(=O)N(c2ccc(N3CCN(S(=O)(=O)c4ccc(F)cc4)CC3)c([N+](=O)[O-])c2)C1=O. The van der Waals surface area contributed by atoms with Crippen LogP contribution >= 0.6 is 0 Å². The molecule has 0 spiro atoms. The van der Waals surface area contributed by atoms with Gasteiger partial charge in [0.25, 0.3) is 5.69 Å². The van der Waals surface area contributed by atoms with Crippen molar-refractivity contribution in [1.82, 2.24) is 4.31 Å². The van der Waals surface area contributed by atoms with Crippen molar-refractivity contribution in [2.24, 2.45) is 5.92 Å². The summed E-state index contributed by atoms with van der Waals surface area (Å²) in [6, 6.07) is 8.70. The van der Waals surface area contributed by atoms with Crippen molar-refractivity contribution in [3.63, 3.8) is 0 Å². The first kappa shape index (κ1) is 22.8. The van der Waals surface area contributed by atoms with Crippen LogP contribution in [0.1, 0.15) is 13.3 Å². The van der Waals surface area contributed by atoms with Crippen LogP contribution in [0.25, 0.3) is 0 Å². The molecule has 2 aliphatic heterocycles. The molecule has 2 aromatic carbocycles. The second-order valence-corrected chi connectivity index (χ2v) is 9.89. The summed E-state index contributed by atoms with van der Waals surface area (Å²) in [4.78, 5) is 38.3. The number of halogens is 1. The molecule has 33 heavy (non-hydrogen) atoms. The third kappa shape index (κ3) is 4.18. The van der Waals surface area contributed by atoms with E-state index >= 15 is 0 Å². The van der Waals surface area contributed by atoms with Gasteiger partial charge in [0.15, 0.2) is 0 Å². The summed E-state index contributed by atoms with van der Waals surface area (Å²) >= 11 is 0. The fourth-order valence-electron chi connectivity index (χ4n) is 4.04. The molecule has 2 amide bonds. The maximum Gasteiger partial charge on any atom is 0.294 e. The Morgan fingerprint density at radius 1 is 1.03 bits per heavy atom. The van der Waals surface area contributed by atoms with E-state index in [2.05, 4.69) is 0 Å². The number of hydrogen-bond donors (Lipinski definition) is 0. The Morgan fingerprint density at radius 2 is 1.67 bits per heavy atom. The molecule has 2 fully saturated rings. The number of nitrogens with zero attached hydrogens (tertiary/aromatic N) is 4. The zero-order valence-corrected chi connectivity index (χ0v) is 18.5. The van der Waals surface area contributed by atoms with Crippen LogP contribution in [0.15, 0.2) is 47.4 Å². The first-order valence-corrected chi connectivity index (χ1v) is 11.7. The highest BCUT2D eigenvalue weighted by Crippen LogP contribution is 2.36. The second kappa shape index (κ2) is 8.52. The highest BCUT2D eigenvalue weighted by Gasteiger charge is 2.38. The number of sulfonamides is 1. The number of piperazine rings is 1. The van der Waals surface area contributed by atoms with Gasteiger partial charge in [0.1, 0.15) is 11.5 Å². The number of nitro benzene ring substituents is 1. The predicted octanol–water partition coefficient (Wildman–Crippen LogP) is 2.14. The molecule has 0 bridgehead atoms. The van der Waals surface area contributed by atoms with Gasteiger partial charge in [-0.2, -0.15) is 4.31 Å². The van der Waals surface area contributed by atoms with Gasteiger partial charge in [0.2, 0.25) is 21.8 Å². The molecule has 0 unspecified atom stereocenters. The van der Waals surface area contributed by atoms with Crippen LogP contribution in [0.3, 0.4) is 0 Å². The lowest BCUT2D eigenvalue weighted by molar-refractivity contribution is -0.384. The van der Waals surface area contributed by atoms with Gasteiger partial charge in [0, 0.05) is 44.6 Å². The summed E-state index contributed by atoms with van der Waals surface area (Å²) in [6.07, 6.45) is 0.0544. The summed E-state index contributed by atoms with van der Waals surface area (Å²) in [7, 11) is -3.82. The molecule has 4 rings (SSSR count). The third-order valence-electron chi connectivity index (χ3n) is 5.82. The Kier molecular flexibility index (Phi) is 5.89. The Hall–Kier alpha value is -3.38. The van der Waals surface area contributed by atoms with Gasteiger partial charge in [-0.1, -0.05) is 6.92 Å². The maximum atomic E-state index is 13.1. The monoisotopic (exact) mass is 476 g/mol. The average molecular weight is 476 g/mol. The Morgan fingerprint density at radius 3 is 2.21 bits per heavy atom. The quantitative estimate of drug-likeness (QED) is 0.368. The van der Waals surface area contributed by atoms with E-state index in [-0.39, 0.29) is 54.6 Å². The van der Waals surface area contributed by atoms with Crippen molar-refractivity contribution in [2.45, 2.75) is 18.2 Å². The lowest BCUT2D eigenvalue weighted by Crippen LogP contribution is -2.48. The van der Waals surface area contributed by atoms with E-state index in [0.717, 1.165) is 17.0 Å². The molecule has 12 heteroatoms. The summed E-state index contributed by atoms with van der Waals surface area (Å²) in [5, 5.41) is 11.7. The summed E-state index contributed by atoms with van der Waals surface area (Å²) in [5.74, 6) is -1.83. The molecule has 0 radical (unpaired) electrons. The smallest absolute Gasteiger partial charge is 0.294 e. The van der Waals surface area contributed by atoms with Gasteiger partial charge >= 0.3 is 0 Å². The Labute approximate surface area is 189 Å². The number of imide groups is 1. The number of anilines is 2. The number of nitro groups is 1. The van der Waals surface area contributed by atoms with Crippen molar-refractivity contribution in [3.8, 4) is 0 Å². The second-order valence-electron chi connectivity index (χ2n) is 7.95. The van der Waals surface area contributed by atoms with Gasteiger partial charge < -0.3 is 4.90 Å². The normalized spacial score (nSPS) is 19.9. The molecule has 0 aliphatic carbocycles. The highest BCUT2D eigenvalue weighted by atomic mass is 32.2. The summed E-state index contributed by atoms with van der Waals surface area (Å²) in [6.45, 7) is 2.18. The minimum Gasteiger partial charge on any atom is -0.363 e. The van der Waals surface area contributed by atoms with E-state index in [1.165, 1.54) is 34.6 Å². The fraction of sp³-hybridized carbons (Fsp3) is 0.333. The number of amides is 2. The molecule has 1 atom stereocenters. The fourth-order valence-corrected chi connectivity index (χ4v) is 5.47. The Bertz CT molecular complexity index is 1230. The van der Waals surface area contributed by atoms with E-state index in [1.54, 1.807) is 11.8 Å². The van der Waals surface area contributed by atoms with Crippen molar-refractivity contribution >= 4 is 38.9 Å². The maximum absolute atomic E-state index is 13.1. The van der Waals surface area contributed by atoms with Crippen molar-refractivity contribution in [1.29, 1.82) is 0 Å². The molecule has 0 N–H and O–H groups in total. The largest absolute Gasteiger partial charge is 0.363 e. The molecule has 10 nitrogen and oxygen atoms in total. The zero-order chi connectivity index (χ0) is 23.9. The van der Waals surface area contributed by atoms with E-state index in [4.69, 9.17) is 0 Å². The van der Waals surface area contributed by atoms with Crippen molar-refractivity contribution in [2.75, 3.05) is 36.0 Å². The van der Waals surface area contributed by atoms with Gasteiger partial charge in [0.05, 0.1) is 15.5 Å². The topological polar surface area (TPSA) is 121 Å². The molecule has 2 aromatic rings. The van der Waals surface area contributed by atoms with Gasteiger partial charge in [-0.25, -0.2) is 12.8 Å². The molecule has 2 heterocycles. The van der Waals surface area contributed by atoms with Crippen molar-refractivity contribution < 1.29 is 27.3 Å². The molecule has 0 aromatic heterocycles. The van der Waals surface area contributed by atoms with Crippen LogP contribution in [0.4, 0.5) is 21.5 Å². The van der Waals surface area contributed by atoms with E-state index < -0.39 is 38.5 Å². The molecule has 2 aliphatic rings. The van der Waals surface area contributed by atoms with Crippen LogP contribution in [0.5, 0.6) is 0 Å². The number of carbonyl (C=O) groups is 2. The molecule has 0 saturated carbocycles. The number of rotatable bonds is 5. The number of hydrogen-bond acceptors (Lipinski definition) is 7. The van der Waals surface area contributed by atoms with Crippen LogP contribution in [-0.4, -0.2) is 55.6 Å². The zero-order valence-electron chi connectivity index (χ0n) is 17.7. The van der Waals surface area contributed by atoms with Crippen LogP contribution < -0.4 is 9.80 Å². The van der Waals surface area contributed by atoms with Crippen LogP contribution in [0, 0.1) is 21.8 Å². The molecular weight excluding hydrogens is 455 g/mol. The lowest BCUT2D eigenvalue weighted by Gasteiger charge is -2.35. The molecular formula is C21H21FN4O6S. The number of carbonyl (C=O) groups excluding carboxylic acids is 2. The van der Waals surface area contributed by atoms with E-state index in [1.807, 2.05) is 0 Å². The molecule has 2 saturated heterocycles. The van der Waals surface area contributed by atoms with E-state index in [9.17, 15) is 32.5 Å². The van der Waals surface area contributed by atoms with Crippen LogP contribution in [0.2, 0.25) is 0 Å². The van der Waals surface area contributed by atoms with Gasteiger partial charge in [-0.3, -0.25) is 24.6 Å². The van der Waals surface area contributed by atoms with Gasteiger partial charge in [-0.05, 0) is 36.4 Å². The minimum absolute atomic E-state index is 0.0261. The van der Waals surface area contributed by atoms with Crippen molar-refractivity contribution in [3.05, 3.63) is 58.4 Å². The predicted molar refractivity (Wildman–Crippen MR) is 117 cm³/mol. The first-order chi connectivity index (χ1) is 15.6.